The maximum Gasteiger partial charge on any atom is 0.228 e. The van der Waals surface area contributed by atoms with Gasteiger partial charge in [0.05, 0.1) is 12.1 Å². The molecule has 2 heterocycles. The van der Waals surface area contributed by atoms with Crippen LogP contribution in [0.15, 0.2) is 30.5 Å². The van der Waals surface area contributed by atoms with E-state index in [1.54, 1.807) is 6.20 Å². The molecule has 20 heavy (non-hydrogen) atoms. The normalized spacial score (nSPS) is 14.8. The quantitative estimate of drug-likeness (QED) is 0.884. The zero-order chi connectivity index (χ0) is 14.1. The number of hydrogen-bond donors (Lipinski definition) is 2. The summed E-state index contributed by atoms with van der Waals surface area (Å²) in [5, 5.41) is 2.83. The Labute approximate surface area is 117 Å². The Morgan fingerprint density at radius 2 is 2.25 bits per heavy atom. The monoisotopic (exact) mass is 268 g/mol. The largest absolute Gasteiger partial charge is 0.328 e. The predicted molar refractivity (Wildman–Crippen MR) is 77.2 cm³/mol. The van der Waals surface area contributed by atoms with Crippen LogP contribution in [0.1, 0.15) is 18.3 Å². The molecule has 2 aromatic rings. The van der Waals surface area contributed by atoms with Gasteiger partial charge in [0.25, 0.3) is 0 Å². The second-order valence-corrected chi connectivity index (χ2v) is 5.14. The number of nitrogens with two attached hydrogens (primary N) is 1. The van der Waals surface area contributed by atoms with Gasteiger partial charge in [-0.3, -0.25) is 4.79 Å². The van der Waals surface area contributed by atoms with E-state index in [4.69, 9.17) is 5.73 Å². The molecule has 5 heteroatoms. The van der Waals surface area contributed by atoms with Crippen molar-refractivity contribution in [2.75, 3.05) is 5.32 Å². The van der Waals surface area contributed by atoms with Gasteiger partial charge in [0.2, 0.25) is 5.91 Å². The number of amides is 1. The van der Waals surface area contributed by atoms with Crippen LogP contribution in [-0.2, 0) is 17.6 Å². The van der Waals surface area contributed by atoms with Crippen LogP contribution < -0.4 is 11.1 Å². The molecule has 0 fully saturated rings. The second-order valence-electron chi connectivity index (χ2n) is 5.14. The number of anilines is 1. The molecule has 1 amide bonds. The Morgan fingerprint density at radius 3 is 3.05 bits per heavy atom. The fraction of sp³-hybridized carbons (Fsp3) is 0.267. The third kappa shape index (κ3) is 2.53. The van der Waals surface area contributed by atoms with Crippen LogP contribution in [0.4, 0.5) is 5.69 Å². The van der Waals surface area contributed by atoms with Crippen molar-refractivity contribution < 1.29 is 4.79 Å². The summed E-state index contributed by atoms with van der Waals surface area (Å²) in [6.07, 6.45) is 2.83. The number of hydrogen-bond acceptors (Lipinski definition) is 4. The molecular formula is C15H16N4O. The molecule has 3 N–H and O–H groups in total. The highest BCUT2D eigenvalue weighted by molar-refractivity contribution is 5.99. The van der Waals surface area contributed by atoms with E-state index in [1.807, 2.05) is 31.2 Å². The Hall–Kier alpha value is -2.27. The summed E-state index contributed by atoms with van der Waals surface area (Å²) in [4.78, 5) is 20.1. The van der Waals surface area contributed by atoms with Crippen LogP contribution >= 0.6 is 0 Å². The molecule has 1 unspecified atom stereocenters. The maximum absolute atomic E-state index is 11.4. The van der Waals surface area contributed by atoms with Gasteiger partial charge in [-0.2, -0.15) is 0 Å². The van der Waals surface area contributed by atoms with E-state index in [2.05, 4.69) is 15.3 Å². The van der Waals surface area contributed by atoms with Gasteiger partial charge in [0, 0.05) is 29.9 Å². The number of carbonyl (C=O) groups excluding carboxylic acids is 1. The molecule has 1 atom stereocenters. The minimum atomic E-state index is 0.0343. The summed E-state index contributed by atoms with van der Waals surface area (Å²) >= 11 is 0. The molecule has 0 radical (unpaired) electrons. The van der Waals surface area contributed by atoms with Crippen molar-refractivity contribution in [3.63, 3.8) is 0 Å². The summed E-state index contributed by atoms with van der Waals surface area (Å²) in [7, 11) is 0. The van der Waals surface area contributed by atoms with Crippen LogP contribution in [0, 0.1) is 0 Å². The van der Waals surface area contributed by atoms with Crippen LogP contribution in [0.25, 0.3) is 11.3 Å². The molecule has 5 nitrogen and oxygen atoms in total. The van der Waals surface area contributed by atoms with Crippen LogP contribution in [0.3, 0.4) is 0 Å². The van der Waals surface area contributed by atoms with Crippen molar-refractivity contribution >= 4 is 11.6 Å². The topological polar surface area (TPSA) is 80.9 Å². The average molecular weight is 268 g/mol. The van der Waals surface area contributed by atoms with Crippen molar-refractivity contribution in [3.05, 3.63) is 41.9 Å². The van der Waals surface area contributed by atoms with Crippen molar-refractivity contribution in [1.29, 1.82) is 0 Å². The van der Waals surface area contributed by atoms with Gasteiger partial charge in [0.1, 0.15) is 5.82 Å². The molecule has 0 spiro atoms. The van der Waals surface area contributed by atoms with E-state index in [1.165, 1.54) is 0 Å². The molecule has 1 aromatic carbocycles. The molecule has 1 aliphatic rings. The van der Waals surface area contributed by atoms with Crippen LogP contribution in [0.2, 0.25) is 0 Å². The summed E-state index contributed by atoms with van der Waals surface area (Å²) in [5.41, 5.74) is 9.54. The van der Waals surface area contributed by atoms with Crippen molar-refractivity contribution in [3.8, 4) is 11.3 Å². The number of benzene rings is 1. The van der Waals surface area contributed by atoms with Crippen molar-refractivity contribution in [2.24, 2.45) is 5.73 Å². The zero-order valence-electron chi connectivity index (χ0n) is 11.3. The molecule has 0 saturated carbocycles. The van der Waals surface area contributed by atoms with E-state index in [0.29, 0.717) is 12.8 Å². The molecule has 102 valence electrons. The maximum atomic E-state index is 11.4. The van der Waals surface area contributed by atoms with Gasteiger partial charge in [-0.05, 0) is 30.7 Å². The number of nitrogens with one attached hydrogen (secondary N) is 1. The molecule has 0 bridgehead atoms. The first-order valence-corrected chi connectivity index (χ1v) is 6.62. The van der Waals surface area contributed by atoms with Gasteiger partial charge >= 0.3 is 0 Å². The average Bonchev–Trinajstić information content (AvgIpc) is 2.77. The highest BCUT2D eigenvalue weighted by atomic mass is 16.1. The first-order chi connectivity index (χ1) is 9.61. The van der Waals surface area contributed by atoms with E-state index in [9.17, 15) is 4.79 Å². The summed E-state index contributed by atoms with van der Waals surface area (Å²) in [6, 6.07) is 7.79. The lowest BCUT2D eigenvalue weighted by molar-refractivity contribution is -0.115. The molecular weight excluding hydrogens is 252 g/mol. The number of carbonyl (C=O) groups is 1. The third-order valence-corrected chi connectivity index (χ3v) is 3.24. The summed E-state index contributed by atoms with van der Waals surface area (Å²) in [6.45, 7) is 1.93. The number of aromatic nitrogens is 2. The predicted octanol–water partition coefficient (Wildman–Crippen LogP) is 1.53. The Balaban J connectivity index is 1.93. The third-order valence-electron chi connectivity index (χ3n) is 3.24. The van der Waals surface area contributed by atoms with Gasteiger partial charge < -0.3 is 11.1 Å². The molecule has 0 aliphatic carbocycles. The van der Waals surface area contributed by atoms with Crippen LogP contribution in [-0.4, -0.2) is 21.9 Å². The Morgan fingerprint density at radius 1 is 1.40 bits per heavy atom. The lowest BCUT2D eigenvalue weighted by Gasteiger charge is -2.07. The van der Waals surface area contributed by atoms with Crippen LogP contribution in [0.5, 0.6) is 0 Å². The lowest BCUT2D eigenvalue weighted by Crippen LogP contribution is -2.19. The summed E-state index contributed by atoms with van der Waals surface area (Å²) in [5.74, 6) is 0.782. The van der Waals surface area contributed by atoms with E-state index >= 15 is 0 Å². The molecule has 0 saturated heterocycles. The minimum absolute atomic E-state index is 0.0343. The van der Waals surface area contributed by atoms with Crippen molar-refractivity contribution in [1.82, 2.24) is 9.97 Å². The van der Waals surface area contributed by atoms with Gasteiger partial charge in [-0.1, -0.05) is 6.07 Å². The zero-order valence-corrected chi connectivity index (χ0v) is 11.3. The molecule has 3 rings (SSSR count). The fourth-order valence-corrected chi connectivity index (χ4v) is 2.33. The van der Waals surface area contributed by atoms with Gasteiger partial charge in [0.15, 0.2) is 0 Å². The highest BCUT2D eigenvalue weighted by Gasteiger charge is 2.18. The smallest absolute Gasteiger partial charge is 0.228 e. The molecule has 1 aromatic heterocycles. The molecule has 1 aliphatic heterocycles. The fourth-order valence-electron chi connectivity index (χ4n) is 2.33. The minimum Gasteiger partial charge on any atom is -0.328 e. The number of nitrogens with zero attached hydrogens (tertiary/aromatic N) is 2. The SMILES string of the molecule is CC(N)Cc1nccc(-c2ccc3c(c2)CC(=O)N3)n1. The first-order valence-electron chi connectivity index (χ1n) is 6.62. The lowest BCUT2D eigenvalue weighted by atomic mass is 10.1. The standard InChI is InChI=1S/C15H16N4O/c1-9(16)6-14-17-5-4-13(18-14)10-2-3-12-11(7-10)8-15(20)19-12/h2-5,7,9H,6,8,16H2,1H3,(H,19,20). The van der Waals surface area contributed by atoms with E-state index < -0.39 is 0 Å². The first kappa shape index (κ1) is 12.7. The Bertz CT molecular complexity index is 667. The van der Waals surface area contributed by atoms with Crippen molar-refractivity contribution in [2.45, 2.75) is 25.8 Å². The van der Waals surface area contributed by atoms with Gasteiger partial charge in [-0.15, -0.1) is 0 Å². The Kier molecular flexibility index (Phi) is 3.20. The van der Waals surface area contributed by atoms with E-state index in [-0.39, 0.29) is 11.9 Å². The second kappa shape index (κ2) is 5.02. The highest BCUT2D eigenvalue weighted by Crippen LogP contribution is 2.28. The number of fused-ring (bicyclic) bond motifs is 1. The van der Waals surface area contributed by atoms with Gasteiger partial charge in [-0.25, -0.2) is 9.97 Å². The number of rotatable bonds is 3. The van der Waals surface area contributed by atoms with E-state index in [0.717, 1.165) is 28.3 Å². The summed E-state index contributed by atoms with van der Waals surface area (Å²) < 4.78 is 0.